The zero-order valence-electron chi connectivity index (χ0n) is 14.1. The van der Waals surface area contributed by atoms with Crippen molar-refractivity contribution in [1.82, 2.24) is 5.32 Å². The molecule has 0 aliphatic rings. The molecule has 0 aliphatic heterocycles. The molecule has 6 heteroatoms. The Morgan fingerprint density at radius 3 is 2.44 bits per heavy atom. The van der Waals surface area contributed by atoms with Crippen LogP contribution in [0.3, 0.4) is 0 Å². The number of rotatable bonds is 9. The molecule has 0 aliphatic carbocycles. The second-order valence-electron chi connectivity index (χ2n) is 5.39. The molecule has 25 heavy (non-hydrogen) atoms. The van der Waals surface area contributed by atoms with Gasteiger partial charge >= 0.3 is 0 Å². The fourth-order valence-electron chi connectivity index (χ4n) is 2.13. The zero-order valence-corrected chi connectivity index (χ0v) is 16.4. The van der Waals surface area contributed by atoms with Crippen molar-refractivity contribution in [2.24, 2.45) is 0 Å². The average Bonchev–Trinajstić information content (AvgIpc) is 2.62. The van der Waals surface area contributed by atoms with Gasteiger partial charge in [0.2, 0.25) is 0 Å². The molecule has 0 heterocycles. The van der Waals surface area contributed by atoms with Gasteiger partial charge < -0.3 is 10.1 Å². The van der Waals surface area contributed by atoms with Gasteiger partial charge in [0.15, 0.2) is 6.61 Å². The number of carbonyl (C=O) groups excluding carboxylic acids is 1. The highest BCUT2D eigenvalue weighted by Gasteiger charge is 2.06. The number of nitrogens with one attached hydrogen (secondary N) is 1. The van der Waals surface area contributed by atoms with E-state index in [-0.39, 0.29) is 12.5 Å². The first kappa shape index (κ1) is 20.0. The number of benzene rings is 2. The molecule has 0 bridgehead atoms. The van der Waals surface area contributed by atoms with Gasteiger partial charge in [-0.05, 0) is 41.8 Å². The number of thioether (sulfide) groups is 1. The van der Waals surface area contributed by atoms with E-state index < -0.39 is 0 Å². The quantitative estimate of drug-likeness (QED) is 0.605. The van der Waals surface area contributed by atoms with E-state index in [9.17, 15) is 4.79 Å². The van der Waals surface area contributed by atoms with Crippen LogP contribution >= 0.6 is 35.0 Å². The predicted molar refractivity (Wildman–Crippen MR) is 107 cm³/mol. The highest BCUT2D eigenvalue weighted by atomic mass is 35.5. The molecule has 2 aromatic rings. The van der Waals surface area contributed by atoms with E-state index in [1.165, 1.54) is 5.56 Å². The van der Waals surface area contributed by atoms with Crippen LogP contribution in [0.15, 0.2) is 42.5 Å². The molecule has 0 saturated carbocycles. The maximum atomic E-state index is 11.8. The van der Waals surface area contributed by atoms with Crippen molar-refractivity contribution in [1.29, 1.82) is 0 Å². The Kier molecular flexibility index (Phi) is 8.45. The summed E-state index contributed by atoms with van der Waals surface area (Å²) in [6.45, 7) is 2.69. The minimum atomic E-state index is -0.129. The van der Waals surface area contributed by atoms with Crippen LogP contribution in [0.5, 0.6) is 5.75 Å². The lowest BCUT2D eigenvalue weighted by Crippen LogP contribution is -2.30. The topological polar surface area (TPSA) is 38.3 Å². The number of aryl methyl sites for hydroxylation is 1. The third kappa shape index (κ3) is 6.81. The van der Waals surface area contributed by atoms with Crippen LogP contribution in [-0.2, 0) is 17.0 Å². The highest BCUT2D eigenvalue weighted by Crippen LogP contribution is 2.27. The van der Waals surface area contributed by atoms with E-state index in [1.54, 1.807) is 11.8 Å². The van der Waals surface area contributed by atoms with Crippen LogP contribution in [0.4, 0.5) is 0 Å². The Morgan fingerprint density at radius 2 is 1.80 bits per heavy atom. The molecule has 2 aromatic carbocycles. The van der Waals surface area contributed by atoms with Crippen LogP contribution in [0, 0.1) is 0 Å². The van der Waals surface area contributed by atoms with Crippen molar-refractivity contribution in [2.45, 2.75) is 19.1 Å². The second kappa shape index (κ2) is 10.6. The van der Waals surface area contributed by atoms with Crippen molar-refractivity contribution >= 4 is 40.9 Å². The van der Waals surface area contributed by atoms with Crippen LogP contribution in [-0.4, -0.2) is 24.8 Å². The molecule has 0 fully saturated rings. The number of carbonyl (C=O) groups is 1. The highest BCUT2D eigenvalue weighted by molar-refractivity contribution is 7.98. The fraction of sp³-hybridized carbons (Fsp3) is 0.316. The largest absolute Gasteiger partial charge is 0.484 e. The van der Waals surface area contributed by atoms with E-state index in [2.05, 4.69) is 12.2 Å². The van der Waals surface area contributed by atoms with Crippen LogP contribution in [0.1, 0.15) is 18.1 Å². The van der Waals surface area contributed by atoms with Gasteiger partial charge in [0.05, 0.1) is 0 Å². The molecule has 0 unspecified atom stereocenters. The summed E-state index contributed by atoms with van der Waals surface area (Å²) in [5.74, 6) is 2.07. The summed E-state index contributed by atoms with van der Waals surface area (Å²) in [5.41, 5.74) is 2.17. The second-order valence-corrected chi connectivity index (χ2v) is 7.31. The van der Waals surface area contributed by atoms with Gasteiger partial charge in [0.25, 0.3) is 5.91 Å². The van der Waals surface area contributed by atoms with Gasteiger partial charge in [-0.1, -0.05) is 48.3 Å². The molecular formula is C19H21Cl2NO2S. The molecule has 0 radical (unpaired) electrons. The normalized spacial score (nSPS) is 10.5. The Bertz CT molecular complexity index is 672. The van der Waals surface area contributed by atoms with Crippen LogP contribution < -0.4 is 10.1 Å². The Hall–Kier alpha value is -1.36. The number of ether oxygens (including phenoxy) is 1. The fourth-order valence-corrected chi connectivity index (χ4v) is 3.72. The van der Waals surface area contributed by atoms with Gasteiger partial charge in [-0.2, -0.15) is 11.8 Å². The molecule has 3 nitrogen and oxygen atoms in total. The molecular weight excluding hydrogens is 377 g/mol. The van der Waals surface area contributed by atoms with E-state index >= 15 is 0 Å². The van der Waals surface area contributed by atoms with E-state index in [0.29, 0.717) is 28.1 Å². The van der Waals surface area contributed by atoms with Crippen molar-refractivity contribution in [3.63, 3.8) is 0 Å². The Labute approximate surface area is 163 Å². The number of halogens is 2. The van der Waals surface area contributed by atoms with E-state index in [1.807, 2.05) is 42.5 Å². The van der Waals surface area contributed by atoms with Gasteiger partial charge in [-0.15, -0.1) is 0 Å². The molecule has 0 spiro atoms. The first-order valence-corrected chi connectivity index (χ1v) is 10.00. The van der Waals surface area contributed by atoms with Crippen molar-refractivity contribution in [3.8, 4) is 5.75 Å². The van der Waals surface area contributed by atoms with E-state index in [0.717, 1.165) is 17.7 Å². The third-order valence-corrected chi connectivity index (χ3v) is 5.27. The molecule has 2 rings (SSSR count). The molecule has 0 saturated heterocycles. The minimum absolute atomic E-state index is 0.0203. The lowest BCUT2D eigenvalue weighted by molar-refractivity contribution is -0.122. The summed E-state index contributed by atoms with van der Waals surface area (Å²) < 4.78 is 5.47. The first-order chi connectivity index (χ1) is 12.1. The summed E-state index contributed by atoms with van der Waals surface area (Å²) in [6.07, 6.45) is 0.984. The van der Waals surface area contributed by atoms with Gasteiger partial charge in [-0.25, -0.2) is 0 Å². The maximum Gasteiger partial charge on any atom is 0.257 e. The molecule has 0 aromatic heterocycles. The molecule has 1 N–H and O–H groups in total. The standard InChI is InChI=1S/C19H21Cl2NO2S/c1-2-14-6-8-15(9-7-14)24-12-19(23)22-10-11-25-13-16-17(20)4-3-5-18(16)21/h3-9H,2,10-13H2,1H3,(H,22,23). The first-order valence-electron chi connectivity index (χ1n) is 8.09. The predicted octanol–water partition coefficient (Wildman–Crippen LogP) is 4.98. The summed E-state index contributed by atoms with van der Waals surface area (Å²) in [4.78, 5) is 11.8. The zero-order chi connectivity index (χ0) is 18.1. The van der Waals surface area contributed by atoms with Gasteiger partial charge in [0, 0.05) is 28.1 Å². The van der Waals surface area contributed by atoms with E-state index in [4.69, 9.17) is 27.9 Å². The molecule has 134 valence electrons. The van der Waals surface area contributed by atoms with Crippen LogP contribution in [0.2, 0.25) is 10.0 Å². The minimum Gasteiger partial charge on any atom is -0.484 e. The van der Waals surface area contributed by atoms with Gasteiger partial charge in [-0.3, -0.25) is 4.79 Å². The Morgan fingerprint density at radius 1 is 1.12 bits per heavy atom. The monoisotopic (exact) mass is 397 g/mol. The Balaban J connectivity index is 1.62. The van der Waals surface area contributed by atoms with Crippen LogP contribution in [0.25, 0.3) is 0 Å². The third-order valence-electron chi connectivity index (χ3n) is 3.58. The summed E-state index contributed by atoms with van der Waals surface area (Å²) >= 11 is 13.9. The maximum absolute atomic E-state index is 11.8. The summed E-state index contributed by atoms with van der Waals surface area (Å²) in [6, 6.07) is 13.3. The smallest absolute Gasteiger partial charge is 0.257 e. The summed E-state index contributed by atoms with van der Waals surface area (Å²) in [5, 5.41) is 4.19. The SMILES string of the molecule is CCc1ccc(OCC(=O)NCCSCc2c(Cl)cccc2Cl)cc1. The number of hydrogen-bond acceptors (Lipinski definition) is 3. The lowest BCUT2D eigenvalue weighted by Gasteiger charge is -2.09. The van der Waals surface area contributed by atoms with Crippen molar-refractivity contribution in [3.05, 3.63) is 63.6 Å². The lowest BCUT2D eigenvalue weighted by atomic mass is 10.2. The van der Waals surface area contributed by atoms with Gasteiger partial charge in [0.1, 0.15) is 5.75 Å². The average molecular weight is 398 g/mol. The molecule has 1 amide bonds. The van der Waals surface area contributed by atoms with Crippen molar-refractivity contribution in [2.75, 3.05) is 18.9 Å². The molecule has 0 atom stereocenters. The number of hydrogen-bond donors (Lipinski definition) is 1. The van der Waals surface area contributed by atoms with Crippen molar-refractivity contribution < 1.29 is 9.53 Å². The summed E-state index contributed by atoms with van der Waals surface area (Å²) in [7, 11) is 0. The number of amides is 1.